The number of hydrazone groups is 1. The number of benzene rings is 1. The van der Waals surface area contributed by atoms with E-state index in [-0.39, 0.29) is 5.75 Å². The van der Waals surface area contributed by atoms with Crippen molar-refractivity contribution in [2.45, 2.75) is 13.5 Å². The van der Waals surface area contributed by atoms with Crippen LogP contribution in [0.15, 0.2) is 29.4 Å². The molecule has 0 radical (unpaired) electrons. The maximum absolute atomic E-state index is 12.2. The zero-order chi connectivity index (χ0) is 13.5. The molecule has 0 atom stereocenters. The van der Waals surface area contributed by atoms with E-state index in [1.807, 2.05) is 0 Å². The molecule has 0 bridgehead atoms. The molecule has 0 aromatic heterocycles. The Morgan fingerprint density at radius 2 is 2.06 bits per heavy atom. The van der Waals surface area contributed by atoms with Gasteiger partial charge in [0, 0.05) is 12.6 Å². The fourth-order valence-electron chi connectivity index (χ4n) is 1.22. The molecular weight excluding hydrogens is 260 g/mol. The average molecular weight is 273 g/mol. The normalized spacial score (nSPS) is 11.3. The molecule has 0 saturated carbocycles. The fourth-order valence-corrected chi connectivity index (χ4v) is 1.26. The molecule has 4 nitrogen and oxygen atoms in total. The monoisotopic (exact) mass is 273 g/mol. The number of ether oxygens (including phenoxy) is 1. The van der Waals surface area contributed by atoms with Gasteiger partial charge in [-0.15, -0.1) is 0 Å². The first-order valence-corrected chi connectivity index (χ1v) is 5.51. The van der Waals surface area contributed by atoms with Crippen LogP contribution in [0.4, 0.5) is 8.78 Å². The number of thiocarbonyl (C=S) groups is 1. The Kier molecular flexibility index (Phi) is 5.44. The van der Waals surface area contributed by atoms with Crippen molar-refractivity contribution in [3.8, 4) is 5.75 Å². The van der Waals surface area contributed by atoms with Crippen LogP contribution in [0.2, 0.25) is 0 Å². The molecular formula is C11H13F2N3OS. The van der Waals surface area contributed by atoms with Gasteiger partial charge in [-0.25, -0.2) is 0 Å². The molecule has 0 fully saturated rings. The number of hydrogen-bond acceptors (Lipinski definition) is 3. The van der Waals surface area contributed by atoms with E-state index in [9.17, 15) is 8.78 Å². The van der Waals surface area contributed by atoms with Crippen LogP contribution in [-0.4, -0.2) is 24.5 Å². The van der Waals surface area contributed by atoms with E-state index in [2.05, 4.69) is 20.6 Å². The Morgan fingerprint density at radius 3 is 2.67 bits per heavy atom. The van der Waals surface area contributed by atoms with Crippen molar-refractivity contribution >= 4 is 23.0 Å². The Bertz CT molecular complexity index is 452. The summed E-state index contributed by atoms with van der Waals surface area (Å²) in [6.45, 7) is -1.20. The third-order valence-corrected chi connectivity index (χ3v) is 2.34. The maximum atomic E-state index is 12.2. The standard InChI is InChI=1S/C11H13F2N3OS/c1-7(15-16-11(18)14-2)8-5-3-4-6-9(8)17-10(12)13/h3-6,10H,1-2H3,(H2,14,16,18)/b15-7-. The molecule has 1 rings (SSSR count). The number of hydrogen-bond donors (Lipinski definition) is 2. The molecule has 0 aliphatic carbocycles. The number of alkyl halides is 2. The van der Waals surface area contributed by atoms with E-state index >= 15 is 0 Å². The van der Waals surface area contributed by atoms with Crippen LogP contribution >= 0.6 is 12.2 Å². The molecule has 18 heavy (non-hydrogen) atoms. The molecule has 7 heteroatoms. The lowest BCUT2D eigenvalue weighted by Gasteiger charge is -2.10. The fraction of sp³-hybridized carbons (Fsp3) is 0.273. The zero-order valence-corrected chi connectivity index (χ0v) is 10.7. The summed E-state index contributed by atoms with van der Waals surface area (Å²) in [5, 5.41) is 6.99. The molecule has 98 valence electrons. The summed E-state index contributed by atoms with van der Waals surface area (Å²) >= 11 is 4.85. The first kappa shape index (κ1) is 14.3. The van der Waals surface area contributed by atoms with E-state index in [0.29, 0.717) is 16.4 Å². The van der Waals surface area contributed by atoms with Crippen molar-refractivity contribution in [3.63, 3.8) is 0 Å². The minimum Gasteiger partial charge on any atom is -0.434 e. The van der Waals surface area contributed by atoms with Crippen molar-refractivity contribution < 1.29 is 13.5 Å². The van der Waals surface area contributed by atoms with E-state index in [4.69, 9.17) is 12.2 Å². The van der Waals surface area contributed by atoms with Crippen LogP contribution in [0.3, 0.4) is 0 Å². The Balaban J connectivity index is 2.90. The number of para-hydroxylation sites is 1. The zero-order valence-electron chi connectivity index (χ0n) is 9.91. The van der Waals surface area contributed by atoms with E-state index in [0.717, 1.165) is 0 Å². The van der Waals surface area contributed by atoms with Gasteiger partial charge in [-0.2, -0.15) is 13.9 Å². The van der Waals surface area contributed by atoms with Gasteiger partial charge in [0.2, 0.25) is 0 Å². The molecule has 0 saturated heterocycles. The largest absolute Gasteiger partial charge is 0.434 e. The number of nitrogens with one attached hydrogen (secondary N) is 2. The predicted molar refractivity (Wildman–Crippen MR) is 70.1 cm³/mol. The molecule has 1 aromatic carbocycles. The Labute approximate surface area is 109 Å². The molecule has 1 aromatic rings. The van der Waals surface area contributed by atoms with Crippen molar-refractivity contribution in [3.05, 3.63) is 29.8 Å². The topological polar surface area (TPSA) is 45.7 Å². The van der Waals surface area contributed by atoms with Gasteiger partial charge in [0.1, 0.15) is 5.75 Å². The molecule has 0 heterocycles. The van der Waals surface area contributed by atoms with Crippen molar-refractivity contribution in [2.24, 2.45) is 5.10 Å². The van der Waals surface area contributed by atoms with E-state index in [1.165, 1.54) is 6.07 Å². The lowest BCUT2D eigenvalue weighted by Crippen LogP contribution is -2.29. The summed E-state index contributed by atoms with van der Waals surface area (Å²) in [6.07, 6.45) is 0. The third-order valence-electron chi connectivity index (χ3n) is 2.05. The van der Waals surface area contributed by atoms with Crippen LogP contribution in [0.1, 0.15) is 12.5 Å². The Morgan fingerprint density at radius 1 is 1.39 bits per heavy atom. The number of halogens is 2. The van der Waals surface area contributed by atoms with Gasteiger partial charge in [0.15, 0.2) is 5.11 Å². The van der Waals surface area contributed by atoms with Gasteiger partial charge in [-0.05, 0) is 31.3 Å². The summed E-state index contributed by atoms with van der Waals surface area (Å²) in [7, 11) is 1.65. The second-order valence-electron chi connectivity index (χ2n) is 3.26. The third kappa shape index (κ3) is 4.25. The van der Waals surface area contributed by atoms with Gasteiger partial charge in [0.05, 0.1) is 5.71 Å². The van der Waals surface area contributed by atoms with Crippen LogP contribution in [0, 0.1) is 0 Å². The second-order valence-corrected chi connectivity index (χ2v) is 3.67. The number of nitrogens with zero attached hydrogens (tertiary/aromatic N) is 1. The minimum atomic E-state index is -2.87. The molecule has 0 amide bonds. The first-order chi connectivity index (χ1) is 8.54. The van der Waals surface area contributed by atoms with Crippen LogP contribution in [0.5, 0.6) is 5.75 Å². The lowest BCUT2D eigenvalue weighted by atomic mass is 10.1. The van der Waals surface area contributed by atoms with Gasteiger partial charge >= 0.3 is 6.61 Å². The molecule has 0 aliphatic heterocycles. The van der Waals surface area contributed by atoms with Crippen molar-refractivity contribution in [1.82, 2.24) is 10.7 Å². The Hall–Kier alpha value is -1.76. The SMILES string of the molecule is CNC(=S)N/N=C(/C)c1ccccc1OC(F)F. The van der Waals surface area contributed by atoms with Gasteiger partial charge in [-0.1, -0.05) is 12.1 Å². The summed E-state index contributed by atoms with van der Waals surface area (Å²) in [6, 6.07) is 6.42. The highest BCUT2D eigenvalue weighted by molar-refractivity contribution is 7.80. The molecule has 0 unspecified atom stereocenters. The highest BCUT2D eigenvalue weighted by Gasteiger charge is 2.10. The molecule has 2 N–H and O–H groups in total. The minimum absolute atomic E-state index is 0.0749. The quantitative estimate of drug-likeness (QED) is 0.501. The highest BCUT2D eigenvalue weighted by Crippen LogP contribution is 2.20. The molecule has 0 spiro atoms. The van der Waals surface area contributed by atoms with Gasteiger partial charge < -0.3 is 10.1 Å². The maximum Gasteiger partial charge on any atom is 0.387 e. The average Bonchev–Trinajstić information content (AvgIpc) is 2.35. The lowest BCUT2D eigenvalue weighted by molar-refractivity contribution is -0.0499. The van der Waals surface area contributed by atoms with E-state index in [1.54, 1.807) is 32.2 Å². The molecule has 0 aliphatic rings. The number of rotatable bonds is 4. The van der Waals surface area contributed by atoms with Crippen LogP contribution in [0.25, 0.3) is 0 Å². The summed E-state index contributed by atoms with van der Waals surface area (Å²) < 4.78 is 28.9. The predicted octanol–water partition coefficient (Wildman–Crippen LogP) is 2.11. The first-order valence-electron chi connectivity index (χ1n) is 5.10. The smallest absolute Gasteiger partial charge is 0.387 e. The van der Waals surface area contributed by atoms with Crippen LogP contribution < -0.4 is 15.5 Å². The second kappa shape index (κ2) is 6.85. The van der Waals surface area contributed by atoms with Crippen molar-refractivity contribution in [1.29, 1.82) is 0 Å². The van der Waals surface area contributed by atoms with Gasteiger partial charge in [0.25, 0.3) is 0 Å². The van der Waals surface area contributed by atoms with Gasteiger partial charge in [-0.3, -0.25) is 5.43 Å². The summed E-state index contributed by atoms with van der Waals surface area (Å²) in [5.74, 6) is 0.0749. The highest BCUT2D eigenvalue weighted by atomic mass is 32.1. The summed E-state index contributed by atoms with van der Waals surface area (Å²) in [4.78, 5) is 0. The van der Waals surface area contributed by atoms with E-state index < -0.39 is 6.61 Å². The summed E-state index contributed by atoms with van der Waals surface area (Å²) in [5.41, 5.74) is 3.54. The van der Waals surface area contributed by atoms with Crippen molar-refractivity contribution in [2.75, 3.05) is 7.05 Å². The van der Waals surface area contributed by atoms with Crippen LogP contribution in [-0.2, 0) is 0 Å².